The number of benzene rings is 1. The lowest BCUT2D eigenvalue weighted by Gasteiger charge is -2.38. The van der Waals surface area contributed by atoms with Gasteiger partial charge in [0.05, 0.1) is 11.5 Å². The quantitative estimate of drug-likeness (QED) is 0.878. The van der Waals surface area contributed by atoms with Gasteiger partial charge in [-0.2, -0.15) is 0 Å². The highest BCUT2D eigenvalue weighted by Gasteiger charge is 2.50. The van der Waals surface area contributed by atoms with Crippen molar-refractivity contribution in [3.8, 4) is 11.5 Å². The van der Waals surface area contributed by atoms with Crippen LogP contribution in [0.3, 0.4) is 0 Å². The molecule has 0 radical (unpaired) electrons. The number of hydrogen-bond acceptors (Lipinski definition) is 4. The molecule has 0 bridgehead atoms. The average Bonchev–Trinajstić information content (AvgIpc) is 3.21. The standard InChI is InChI=1S/C18H24N2O3.ClH/c1-12(13-5-6-15-16(8-13)23-11-22-15)20-17(21)18-7-3-2-4-14(18)9-19-10-18;/h5-6,8,12,14,19H,2-4,7,9-11H2,1H3,(H,20,21);1H/t12?,14-,18+;/m0./s1. The summed E-state index contributed by atoms with van der Waals surface area (Å²) in [6.07, 6.45) is 4.58. The minimum absolute atomic E-state index is 0. The number of nitrogens with one attached hydrogen (secondary N) is 2. The van der Waals surface area contributed by atoms with Crippen LogP contribution in [0.15, 0.2) is 18.2 Å². The van der Waals surface area contributed by atoms with Crippen LogP contribution in [0.4, 0.5) is 0 Å². The van der Waals surface area contributed by atoms with Gasteiger partial charge in [0, 0.05) is 6.54 Å². The van der Waals surface area contributed by atoms with Crippen molar-refractivity contribution in [1.82, 2.24) is 10.6 Å². The molecule has 1 amide bonds. The van der Waals surface area contributed by atoms with Crippen molar-refractivity contribution in [2.75, 3.05) is 19.9 Å². The maximum Gasteiger partial charge on any atom is 0.231 e. The minimum Gasteiger partial charge on any atom is -0.454 e. The number of ether oxygens (including phenoxy) is 2. The first-order valence-electron chi connectivity index (χ1n) is 8.60. The number of hydrogen-bond donors (Lipinski definition) is 2. The largest absolute Gasteiger partial charge is 0.454 e. The Morgan fingerprint density at radius 3 is 3.04 bits per heavy atom. The third kappa shape index (κ3) is 2.84. The zero-order chi connectivity index (χ0) is 15.9. The summed E-state index contributed by atoms with van der Waals surface area (Å²) in [5.41, 5.74) is 0.848. The van der Waals surface area contributed by atoms with Crippen LogP contribution in [-0.4, -0.2) is 25.8 Å². The molecule has 24 heavy (non-hydrogen) atoms. The van der Waals surface area contributed by atoms with Gasteiger partial charge in [-0.3, -0.25) is 4.79 Å². The molecule has 2 fully saturated rings. The van der Waals surface area contributed by atoms with Gasteiger partial charge in [0.15, 0.2) is 11.5 Å². The Morgan fingerprint density at radius 1 is 1.33 bits per heavy atom. The zero-order valence-electron chi connectivity index (χ0n) is 14.0. The van der Waals surface area contributed by atoms with Gasteiger partial charge in [0.25, 0.3) is 0 Å². The molecule has 3 atom stereocenters. The lowest BCUT2D eigenvalue weighted by molar-refractivity contribution is -0.134. The molecular weight excluding hydrogens is 328 g/mol. The highest BCUT2D eigenvalue weighted by atomic mass is 35.5. The van der Waals surface area contributed by atoms with Crippen LogP contribution in [0, 0.1) is 11.3 Å². The zero-order valence-corrected chi connectivity index (χ0v) is 14.8. The second kappa shape index (κ2) is 6.81. The number of amides is 1. The van der Waals surface area contributed by atoms with Crippen molar-refractivity contribution < 1.29 is 14.3 Å². The monoisotopic (exact) mass is 352 g/mol. The Bertz CT molecular complexity index is 624. The van der Waals surface area contributed by atoms with E-state index in [1.807, 2.05) is 25.1 Å². The summed E-state index contributed by atoms with van der Waals surface area (Å²) in [5, 5.41) is 6.68. The fraction of sp³-hybridized carbons (Fsp3) is 0.611. The van der Waals surface area contributed by atoms with E-state index in [9.17, 15) is 4.79 Å². The Labute approximate surface area is 148 Å². The topological polar surface area (TPSA) is 59.6 Å². The predicted octanol–water partition coefficient (Wildman–Crippen LogP) is 2.79. The first kappa shape index (κ1) is 17.4. The fourth-order valence-electron chi connectivity index (χ4n) is 4.30. The van der Waals surface area contributed by atoms with Gasteiger partial charge in [-0.15, -0.1) is 12.4 Å². The van der Waals surface area contributed by atoms with Crippen LogP contribution < -0.4 is 20.1 Å². The molecule has 2 N–H and O–H groups in total. The van der Waals surface area contributed by atoms with E-state index in [0.717, 1.165) is 43.0 Å². The highest BCUT2D eigenvalue weighted by molar-refractivity contribution is 5.85. The first-order chi connectivity index (χ1) is 11.2. The van der Waals surface area contributed by atoms with Crippen LogP contribution in [0.2, 0.25) is 0 Å². The molecule has 4 rings (SSSR count). The van der Waals surface area contributed by atoms with E-state index in [-0.39, 0.29) is 36.6 Å². The summed E-state index contributed by atoms with van der Waals surface area (Å²) in [6.45, 7) is 4.10. The molecule has 1 aliphatic carbocycles. The summed E-state index contributed by atoms with van der Waals surface area (Å²) < 4.78 is 10.8. The van der Waals surface area contributed by atoms with Crippen molar-refractivity contribution >= 4 is 18.3 Å². The van der Waals surface area contributed by atoms with Gasteiger partial charge in [-0.25, -0.2) is 0 Å². The number of halogens is 1. The Hall–Kier alpha value is -1.46. The van der Waals surface area contributed by atoms with Crippen LogP contribution in [-0.2, 0) is 4.79 Å². The van der Waals surface area contributed by atoms with Crippen molar-refractivity contribution in [3.05, 3.63) is 23.8 Å². The van der Waals surface area contributed by atoms with Gasteiger partial charge < -0.3 is 20.1 Å². The second-order valence-corrected chi connectivity index (χ2v) is 7.04. The third-order valence-electron chi connectivity index (χ3n) is 5.73. The maximum atomic E-state index is 13.0. The van der Waals surface area contributed by atoms with Crippen molar-refractivity contribution in [2.45, 2.75) is 38.6 Å². The Kier molecular flexibility index (Phi) is 4.92. The molecule has 2 aliphatic heterocycles. The summed E-state index contributed by atoms with van der Waals surface area (Å²) in [7, 11) is 0. The molecule has 1 saturated heterocycles. The SMILES string of the molecule is CC(NC(=O)[C@@]12CCCC[C@H]1CNC2)c1ccc2c(c1)OCO2.Cl. The van der Waals surface area contributed by atoms with Crippen molar-refractivity contribution in [2.24, 2.45) is 11.3 Å². The number of rotatable bonds is 3. The van der Waals surface area contributed by atoms with Gasteiger partial charge in [-0.05, 0) is 49.9 Å². The molecule has 2 heterocycles. The van der Waals surface area contributed by atoms with E-state index in [2.05, 4.69) is 10.6 Å². The van der Waals surface area contributed by atoms with Gasteiger partial charge in [0.2, 0.25) is 12.7 Å². The Balaban J connectivity index is 0.00000169. The summed E-state index contributed by atoms with van der Waals surface area (Å²) in [6, 6.07) is 5.85. The van der Waals surface area contributed by atoms with E-state index >= 15 is 0 Å². The molecule has 3 aliphatic rings. The number of carbonyl (C=O) groups excluding carboxylic acids is 1. The van der Waals surface area contributed by atoms with Gasteiger partial charge >= 0.3 is 0 Å². The fourth-order valence-corrected chi connectivity index (χ4v) is 4.30. The van der Waals surface area contributed by atoms with Crippen LogP contribution in [0.5, 0.6) is 11.5 Å². The molecule has 5 nitrogen and oxygen atoms in total. The number of fused-ring (bicyclic) bond motifs is 2. The van der Waals surface area contributed by atoms with Gasteiger partial charge in [-0.1, -0.05) is 18.9 Å². The van der Waals surface area contributed by atoms with Crippen molar-refractivity contribution in [1.29, 1.82) is 0 Å². The van der Waals surface area contributed by atoms with E-state index in [1.54, 1.807) is 0 Å². The van der Waals surface area contributed by atoms with Gasteiger partial charge in [0.1, 0.15) is 0 Å². The normalized spacial score (nSPS) is 28.6. The molecule has 1 saturated carbocycles. The lowest BCUT2D eigenvalue weighted by Crippen LogP contribution is -2.48. The molecule has 132 valence electrons. The van der Waals surface area contributed by atoms with E-state index in [1.165, 1.54) is 12.8 Å². The Morgan fingerprint density at radius 2 is 2.17 bits per heavy atom. The summed E-state index contributed by atoms with van der Waals surface area (Å²) in [5.74, 6) is 2.23. The number of carbonyl (C=O) groups is 1. The van der Waals surface area contributed by atoms with Crippen LogP contribution in [0.25, 0.3) is 0 Å². The molecule has 1 aromatic rings. The lowest BCUT2D eigenvalue weighted by atomic mass is 9.67. The van der Waals surface area contributed by atoms with Crippen molar-refractivity contribution in [3.63, 3.8) is 0 Å². The van der Waals surface area contributed by atoms with Crippen LogP contribution >= 0.6 is 12.4 Å². The van der Waals surface area contributed by atoms with E-state index in [4.69, 9.17) is 9.47 Å². The molecule has 0 aromatic heterocycles. The predicted molar refractivity (Wildman–Crippen MR) is 93.6 cm³/mol. The molecule has 0 spiro atoms. The van der Waals surface area contributed by atoms with Crippen LogP contribution in [0.1, 0.15) is 44.2 Å². The minimum atomic E-state index is -0.206. The highest BCUT2D eigenvalue weighted by Crippen LogP contribution is 2.44. The van der Waals surface area contributed by atoms with E-state index in [0.29, 0.717) is 5.92 Å². The third-order valence-corrected chi connectivity index (χ3v) is 5.73. The second-order valence-electron chi connectivity index (χ2n) is 7.04. The maximum absolute atomic E-state index is 13.0. The molecule has 1 unspecified atom stereocenters. The van der Waals surface area contributed by atoms with E-state index < -0.39 is 0 Å². The first-order valence-corrected chi connectivity index (χ1v) is 8.60. The molecule has 6 heteroatoms. The summed E-state index contributed by atoms with van der Waals surface area (Å²) in [4.78, 5) is 13.0. The molecular formula is C18H25ClN2O3. The average molecular weight is 353 g/mol. The summed E-state index contributed by atoms with van der Waals surface area (Å²) >= 11 is 0. The molecule has 1 aromatic carbocycles. The smallest absolute Gasteiger partial charge is 0.231 e.